The van der Waals surface area contributed by atoms with Crippen LogP contribution in [0.25, 0.3) is 22.0 Å². The molecule has 156 valence electrons. The Bertz CT molecular complexity index is 1150. The second-order valence-corrected chi connectivity index (χ2v) is 7.79. The third-order valence-electron chi connectivity index (χ3n) is 5.22. The second kappa shape index (κ2) is 8.04. The molecule has 9 nitrogen and oxygen atoms in total. The number of carbonyl (C=O) groups is 1. The lowest BCUT2D eigenvalue weighted by atomic mass is 9.96. The van der Waals surface area contributed by atoms with Crippen molar-refractivity contribution < 1.29 is 19.2 Å². The average molecular weight is 475 g/mol. The van der Waals surface area contributed by atoms with Crippen LogP contribution in [-0.4, -0.2) is 34.4 Å². The molecule has 1 saturated heterocycles. The fourth-order valence-corrected chi connectivity index (χ4v) is 4.24. The highest BCUT2D eigenvalue weighted by atomic mass is 79.9. The van der Waals surface area contributed by atoms with Gasteiger partial charge in [0, 0.05) is 16.5 Å². The van der Waals surface area contributed by atoms with Gasteiger partial charge in [-0.1, -0.05) is 12.1 Å². The predicted octanol–water partition coefficient (Wildman–Crippen LogP) is 4.44. The highest BCUT2D eigenvalue weighted by molar-refractivity contribution is 9.10. The van der Waals surface area contributed by atoms with Gasteiger partial charge in [-0.05, 0) is 52.9 Å². The average Bonchev–Trinajstić information content (AvgIpc) is 3.19. The minimum atomic E-state index is -0.875. The first-order chi connectivity index (χ1) is 14.4. The highest BCUT2D eigenvalue weighted by Gasteiger charge is 2.32. The summed E-state index contributed by atoms with van der Waals surface area (Å²) in [5.41, 5.74) is 6.84. The molecule has 10 heteroatoms. The largest absolute Gasteiger partial charge is 0.465 e. The molecule has 4 rings (SSSR count). The number of fused-ring (bicyclic) bond motifs is 1. The summed E-state index contributed by atoms with van der Waals surface area (Å²) < 4.78 is 12.8. The van der Waals surface area contributed by atoms with Crippen molar-refractivity contribution >= 4 is 44.2 Å². The second-order valence-electron chi connectivity index (χ2n) is 6.94. The van der Waals surface area contributed by atoms with Gasteiger partial charge in [0.2, 0.25) is 0 Å². The summed E-state index contributed by atoms with van der Waals surface area (Å²) in [6.45, 7) is 0.671. The fraction of sp³-hybridized carbons (Fsp3) is 0.300. The Morgan fingerprint density at radius 3 is 2.87 bits per heavy atom. The molecule has 1 unspecified atom stereocenters. The van der Waals surface area contributed by atoms with Crippen molar-refractivity contribution in [3.63, 3.8) is 0 Å². The summed E-state index contributed by atoms with van der Waals surface area (Å²) in [6.07, 6.45) is 4.40. The van der Waals surface area contributed by atoms with Gasteiger partial charge in [-0.3, -0.25) is 10.1 Å². The topological polar surface area (TPSA) is 123 Å². The summed E-state index contributed by atoms with van der Waals surface area (Å²) in [5.74, 6) is -0.875. The Kier molecular flexibility index (Phi) is 5.44. The third kappa shape index (κ3) is 3.31. The van der Waals surface area contributed by atoms with Crippen LogP contribution in [0.3, 0.4) is 0 Å². The lowest BCUT2D eigenvalue weighted by Gasteiger charge is -2.23. The Hall–Kier alpha value is -2.98. The molecule has 3 aromatic rings. The number of methoxy groups -OCH3 is 1. The summed E-state index contributed by atoms with van der Waals surface area (Å²) >= 11 is 3.31. The molecule has 2 N–H and O–H groups in total. The zero-order chi connectivity index (χ0) is 21.4. The van der Waals surface area contributed by atoms with E-state index in [9.17, 15) is 14.9 Å². The van der Waals surface area contributed by atoms with Crippen LogP contribution in [0.15, 0.2) is 34.9 Å². The number of nitrogens with two attached hydrogens (primary N) is 1. The van der Waals surface area contributed by atoms with E-state index in [1.165, 1.54) is 0 Å². The standard InChI is InChI=1S/C20H19BrN4O5/c1-29-20(26)17-18(22)14(21)9-12(19(17)25(27)28)11-5-4-6-15-13(11)10-23-24(15)16-7-2-3-8-30-16/h4-6,9-10,16H,2-3,7-8,22H2,1H3. The molecule has 0 aliphatic carbocycles. The number of nitro benzene ring substituents is 1. The van der Waals surface area contributed by atoms with Crippen molar-refractivity contribution in [3.05, 3.63) is 50.6 Å². The first kappa shape index (κ1) is 20.3. The number of esters is 1. The van der Waals surface area contributed by atoms with E-state index in [1.54, 1.807) is 29.1 Å². The normalized spacial score (nSPS) is 16.5. The quantitative estimate of drug-likeness (QED) is 0.256. The number of aromatic nitrogens is 2. The van der Waals surface area contributed by atoms with Crippen molar-refractivity contribution in [2.24, 2.45) is 0 Å². The SMILES string of the molecule is COC(=O)c1c(N)c(Br)cc(-c2cccc3c2cnn3C2CCCCO2)c1[N+](=O)[O-]. The maximum Gasteiger partial charge on any atom is 0.347 e. The van der Waals surface area contributed by atoms with Crippen LogP contribution in [0.4, 0.5) is 11.4 Å². The van der Waals surface area contributed by atoms with E-state index < -0.39 is 16.6 Å². The van der Waals surface area contributed by atoms with Crippen LogP contribution in [0.1, 0.15) is 35.8 Å². The van der Waals surface area contributed by atoms with Gasteiger partial charge in [0.1, 0.15) is 0 Å². The number of anilines is 1. The minimum Gasteiger partial charge on any atom is -0.465 e. The molecule has 0 spiro atoms. The summed E-state index contributed by atoms with van der Waals surface area (Å²) in [6, 6.07) is 6.99. The van der Waals surface area contributed by atoms with Gasteiger partial charge in [0.05, 0.1) is 35.0 Å². The molecular formula is C20H19BrN4O5. The van der Waals surface area contributed by atoms with Gasteiger partial charge in [0.15, 0.2) is 11.8 Å². The van der Waals surface area contributed by atoms with Crippen LogP contribution in [0.5, 0.6) is 0 Å². The van der Waals surface area contributed by atoms with Gasteiger partial charge in [0.25, 0.3) is 5.69 Å². The van der Waals surface area contributed by atoms with Crippen LogP contribution < -0.4 is 5.73 Å². The molecule has 30 heavy (non-hydrogen) atoms. The number of nitrogens with zero attached hydrogens (tertiary/aromatic N) is 3. The summed E-state index contributed by atoms with van der Waals surface area (Å²) in [5, 5.41) is 17.2. The number of nitro groups is 1. The maximum atomic E-state index is 12.3. The smallest absolute Gasteiger partial charge is 0.347 e. The third-order valence-corrected chi connectivity index (χ3v) is 5.88. The molecule has 0 bridgehead atoms. The fourth-order valence-electron chi connectivity index (χ4n) is 3.81. The zero-order valence-corrected chi connectivity index (χ0v) is 17.7. The molecule has 0 amide bonds. The molecule has 2 aromatic carbocycles. The first-order valence-corrected chi connectivity index (χ1v) is 10.2. The Morgan fingerprint density at radius 1 is 1.40 bits per heavy atom. The number of halogens is 1. The molecule has 1 atom stereocenters. The zero-order valence-electron chi connectivity index (χ0n) is 16.1. The van der Waals surface area contributed by atoms with Gasteiger partial charge in [-0.2, -0.15) is 5.10 Å². The van der Waals surface area contributed by atoms with E-state index in [0.717, 1.165) is 31.9 Å². The van der Waals surface area contributed by atoms with Crippen LogP contribution in [0, 0.1) is 10.1 Å². The van der Waals surface area contributed by atoms with E-state index in [4.69, 9.17) is 15.2 Å². The van der Waals surface area contributed by atoms with Gasteiger partial charge in [-0.15, -0.1) is 0 Å². The molecule has 1 fully saturated rings. The molecule has 1 aliphatic rings. The lowest BCUT2D eigenvalue weighted by Crippen LogP contribution is -2.18. The van der Waals surface area contributed by atoms with E-state index in [0.29, 0.717) is 22.0 Å². The number of benzene rings is 2. The number of ether oxygens (including phenoxy) is 2. The molecule has 0 radical (unpaired) electrons. The summed E-state index contributed by atoms with van der Waals surface area (Å²) in [7, 11) is 1.15. The summed E-state index contributed by atoms with van der Waals surface area (Å²) in [4.78, 5) is 23.7. The maximum absolute atomic E-state index is 12.3. The van der Waals surface area contributed by atoms with Gasteiger partial charge < -0.3 is 15.2 Å². The number of carbonyl (C=O) groups excluding carboxylic acids is 1. The minimum absolute atomic E-state index is 0.0456. The van der Waals surface area contributed by atoms with Crippen molar-refractivity contribution in [1.82, 2.24) is 9.78 Å². The predicted molar refractivity (Wildman–Crippen MR) is 114 cm³/mol. The lowest BCUT2D eigenvalue weighted by molar-refractivity contribution is -0.384. The monoisotopic (exact) mass is 474 g/mol. The highest BCUT2D eigenvalue weighted by Crippen LogP contribution is 2.43. The van der Waals surface area contributed by atoms with Crippen molar-refractivity contribution in [1.29, 1.82) is 0 Å². The Balaban J connectivity index is 1.97. The van der Waals surface area contributed by atoms with Crippen molar-refractivity contribution in [3.8, 4) is 11.1 Å². The van der Waals surface area contributed by atoms with Crippen LogP contribution >= 0.6 is 15.9 Å². The van der Waals surface area contributed by atoms with Crippen LogP contribution in [0.2, 0.25) is 0 Å². The Morgan fingerprint density at radius 2 is 2.20 bits per heavy atom. The van der Waals surface area contributed by atoms with Gasteiger partial charge >= 0.3 is 5.97 Å². The van der Waals surface area contributed by atoms with Crippen molar-refractivity contribution in [2.45, 2.75) is 25.5 Å². The first-order valence-electron chi connectivity index (χ1n) is 9.37. The van der Waals surface area contributed by atoms with E-state index in [2.05, 4.69) is 21.0 Å². The molecule has 2 heterocycles. The molecule has 0 saturated carbocycles. The number of hydrogen-bond donors (Lipinski definition) is 1. The Labute approximate surface area is 180 Å². The molecule has 1 aromatic heterocycles. The number of hydrogen-bond acceptors (Lipinski definition) is 7. The molecular weight excluding hydrogens is 456 g/mol. The number of nitrogen functional groups attached to an aromatic ring is 1. The number of rotatable bonds is 4. The van der Waals surface area contributed by atoms with Crippen LogP contribution in [-0.2, 0) is 9.47 Å². The van der Waals surface area contributed by atoms with E-state index in [1.807, 2.05) is 6.07 Å². The van der Waals surface area contributed by atoms with Gasteiger partial charge in [-0.25, -0.2) is 9.48 Å². The van der Waals surface area contributed by atoms with Crippen molar-refractivity contribution in [2.75, 3.05) is 19.5 Å². The van der Waals surface area contributed by atoms with E-state index >= 15 is 0 Å². The molecule has 1 aliphatic heterocycles. The van der Waals surface area contributed by atoms with E-state index in [-0.39, 0.29) is 23.0 Å².